The molecule has 0 bridgehead atoms. The van der Waals surface area contributed by atoms with Crippen LogP contribution in [0.4, 0.5) is 0 Å². The van der Waals surface area contributed by atoms with Crippen molar-refractivity contribution in [3.8, 4) is 0 Å². The van der Waals surface area contributed by atoms with E-state index in [1.165, 1.54) is 0 Å². The second-order valence-corrected chi connectivity index (χ2v) is 6.46. The molecule has 0 aliphatic rings. The van der Waals surface area contributed by atoms with Crippen LogP contribution in [0, 0.1) is 0 Å². The molecule has 0 atom stereocenters. The highest BCUT2D eigenvalue weighted by atomic mass is 28.2. The summed E-state index contributed by atoms with van der Waals surface area (Å²) in [7, 11) is 0.847. The first-order chi connectivity index (χ1) is 10.0. The molecular formula is C16H32N2O2Si. The van der Waals surface area contributed by atoms with Gasteiger partial charge >= 0.3 is 5.97 Å². The summed E-state index contributed by atoms with van der Waals surface area (Å²) < 4.78 is 5.15. The van der Waals surface area contributed by atoms with E-state index in [0.717, 1.165) is 48.2 Å². The Kier molecular flexibility index (Phi) is 11.6. The summed E-state index contributed by atoms with van der Waals surface area (Å²) in [6.45, 7) is 19.0. The van der Waals surface area contributed by atoms with Gasteiger partial charge in [0.1, 0.15) is 0 Å². The minimum atomic E-state index is -0.276. The SMILES string of the molecule is C=C(C)C(=O)OCCC[Si]C(N(CC)CC)N(CC)CC. The minimum Gasteiger partial charge on any atom is -0.462 e. The molecule has 0 fully saturated rings. The first-order valence-electron chi connectivity index (χ1n) is 8.05. The molecule has 122 valence electrons. The number of carbonyl (C=O) groups excluding carboxylic acids is 1. The van der Waals surface area contributed by atoms with E-state index in [4.69, 9.17) is 4.74 Å². The summed E-state index contributed by atoms with van der Waals surface area (Å²) in [5.41, 5.74) is 0.474. The van der Waals surface area contributed by atoms with Crippen LogP contribution in [0.2, 0.25) is 6.04 Å². The number of nitrogens with zero attached hydrogens (tertiary/aromatic N) is 2. The fourth-order valence-electron chi connectivity index (χ4n) is 2.22. The van der Waals surface area contributed by atoms with E-state index in [1.54, 1.807) is 6.92 Å². The van der Waals surface area contributed by atoms with Crippen LogP contribution in [0.15, 0.2) is 12.2 Å². The molecule has 0 unspecified atom stereocenters. The van der Waals surface area contributed by atoms with E-state index in [1.807, 2.05) is 0 Å². The first-order valence-corrected chi connectivity index (χ1v) is 9.34. The summed E-state index contributed by atoms with van der Waals surface area (Å²) in [4.78, 5) is 16.3. The molecule has 0 N–H and O–H groups in total. The number of hydrogen-bond donors (Lipinski definition) is 0. The Morgan fingerprint density at radius 1 is 1.10 bits per heavy atom. The second kappa shape index (κ2) is 11.9. The van der Waals surface area contributed by atoms with E-state index in [9.17, 15) is 4.79 Å². The monoisotopic (exact) mass is 312 g/mol. The number of carbonyl (C=O) groups is 1. The van der Waals surface area contributed by atoms with Crippen LogP contribution in [0.1, 0.15) is 41.0 Å². The molecule has 0 heterocycles. The largest absolute Gasteiger partial charge is 0.462 e. The molecule has 0 aliphatic heterocycles. The lowest BCUT2D eigenvalue weighted by molar-refractivity contribution is -0.138. The smallest absolute Gasteiger partial charge is 0.333 e. The van der Waals surface area contributed by atoms with Gasteiger partial charge in [0, 0.05) is 11.4 Å². The molecule has 0 aliphatic carbocycles. The van der Waals surface area contributed by atoms with Gasteiger partial charge in [0.15, 0.2) is 0 Å². The molecule has 4 nitrogen and oxygen atoms in total. The van der Waals surface area contributed by atoms with Gasteiger partial charge in [-0.2, -0.15) is 0 Å². The Balaban J connectivity index is 4.24. The molecule has 0 amide bonds. The highest BCUT2D eigenvalue weighted by Gasteiger charge is 2.21. The van der Waals surface area contributed by atoms with Gasteiger partial charge in [-0.25, -0.2) is 4.79 Å². The van der Waals surface area contributed by atoms with Crippen LogP contribution in [0.5, 0.6) is 0 Å². The van der Waals surface area contributed by atoms with E-state index in [2.05, 4.69) is 44.1 Å². The third kappa shape index (κ3) is 7.78. The molecule has 0 aromatic carbocycles. The van der Waals surface area contributed by atoms with Gasteiger partial charge in [0.25, 0.3) is 0 Å². The van der Waals surface area contributed by atoms with Crippen molar-refractivity contribution >= 4 is 15.5 Å². The van der Waals surface area contributed by atoms with E-state index >= 15 is 0 Å². The van der Waals surface area contributed by atoms with Crippen molar-refractivity contribution < 1.29 is 9.53 Å². The van der Waals surface area contributed by atoms with Crippen molar-refractivity contribution in [2.45, 2.75) is 52.9 Å². The molecule has 0 aromatic rings. The van der Waals surface area contributed by atoms with Gasteiger partial charge in [-0.1, -0.05) is 40.3 Å². The zero-order valence-electron chi connectivity index (χ0n) is 14.4. The van der Waals surface area contributed by atoms with E-state index in [-0.39, 0.29) is 5.97 Å². The Bertz CT molecular complexity index is 291. The predicted molar refractivity (Wildman–Crippen MR) is 90.6 cm³/mol. The van der Waals surface area contributed by atoms with E-state index in [0.29, 0.717) is 18.0 Å². The number of esters is 1. The molecular weight excluding hydrogens is 280 g/mol. The number of rotatable bonds is 12. The van der Waals surface area contributed by atoms with Crippen molar-refractivity contribution in [3.63, 3.8) is 0 Å². The Hall–Kier alpha value is -0.653. The Morgan fingerprint density at radius 2 is 1.57 bits per heavy atom. The van der Waals surface area contributed by atoms with Gasteiger partial charge in [0.2, 0.25) is 0 Å². The lowest BCUT2D eigenvalue weighted by Crippen LogP contribution is -2.51. The van der Waals surface area contributed by atoms with Crippen LogP contribution in [0.3, 0.4) is 0 Å². The van der Waals surface area contributed by atoms with Gasteiger partial charge < -0.3 is 4.74 Å². The second-order valence-electron chi connectivity index (χ2n) is 5.04. The summed E-state index contributed by atoms with van der Waals surface area (Å²) >= 11 is 0. The van der Waals surface area contributed by atoms with Crippen molar-refractivity contribution in [2.24, 2.45) is 0 Å². The average molecular weight is 313 g/mol. The predicted octanol–water partition coefficient (Wildman–Crippen LogP) is 2.59. The molecule has 21 heavy (non-hydrogen) atoms. The van der Waals surface area contributed by atoms with Gasteiger partial charge in [-0.15, -0.1) is 0 Å². The quantitative estimate of drug-likeness (QED) is 0.182. The number of hydrogen-bond acceptors (Lipinski definition) is 4. The maximum atomic E-state index is 11.3. The van der Waals surface area contributed by atoms with Crippen LogP contribution >= 0.6 is 0 Å². The summed E-state index contributed by atoms with van der Waals surface area (Å²) in [6.07, 6.45) is 0.927. The van der Waals surface area contributed by atoms with Gasteiger partial charge in [-0.3, -0.25) is 9.80 Å². The highest BCUT2D eigenvalue weighted by molar-refractivity contribution is 6.37. The maximum Gasteiger partial charge on any atom is 0.333 e. The highest BCUT2D eigenvalue weighted by Crippen LogP contribution is 2.08. The molecule has 0 saturated carbocycles. The fraction of sp³-hybridized carbons (Fsp3) is 0.812. The zero-order chi connectivity index (χ0) is 16.3. The average Bonchev–Trinajstić information content (AvgIpc) is 2.48. The molecule has 0 saturated heterocycles. The molecule has 0 aromatic heterocycles. The molecule has 2 radical (unpaired) electrons. The first kappa shape index (κ1) is 20.3. The van der Waals surface area contributed by atoms with Crippen LogP contribution in [0.25, 0.3) is 0 Å². The molecule has 0 rings (SSSR count). The summed E-state index contributed by atoms with van der Waals surface area (Å²) in [5.74, 6) is 0.245. The lowest BCUT2D eigenvalue weighted by atomic mass is 10.4. The Morgan fingerprint density at radius 3 is 1.95 bits per heavy atom. The topological polar surface area (TPSA) is 32.8 Å². The van der Waals surface area contributed by atoms with Gasteiger partial charge in [-0.05, 0) is 39.5 Å². The van der Waals surface area contributed by atoms with Crippen LogP contribution < -0.4 is 0 Å². The summed E-state index contributed by atoms with van der Waals surface area (Å²) in [6, 6.07) is 1.10. The lowest BCUT2D eigenvalue weighted by Gasteiger charge is -2.38. The van der Waals surface area contributed by atoms with Crippen LogP contribution in [-0.2, 0) is 9.53 Å². The molecule has 0 spiro atoms. The normalized spacial score (nSPS) is 11.4. The van der Waals surface area contributed by atoms with Crippen molar-refractivity contribution in [1.82, 2.24) is 9.80 Å². The van der Waals surface area contributed by atoms with Crippen molar-refractivity contribution in [3.05, 3.63) is 12.2 Å². The summed E-state index contributed by atoms with van der Waals surface area (Å²) in [5, 5.41) is 0. The fourth-order valence-corrected chi connectivity index (χ4v) is 4.07. The van der Waals surface area contributed by atoms with Crippen molar-refractivity contribution in [1.29, 1.82) is 0 Å². The third-order valence-corrected chi connectivity index (χ3v) is 5.28. The molecule has 5 heteroatoms. The third-order valence-electron chi connectivity index (χ3n) is 3.55. The Labute approximate surface area is 133 Å². The van der Waals surface area contributed by atoms with E-state index < -0.39 is 0 Å². The van der Waals surface area contributed by atoms with Crippen LogP contribution in [-0.4, -0.2) is 63.9 Å². The van der Waals surface area contributed by atoms with Gasteiger partial charge in [0.05, 0.1) is 16.1 Å². The number of ether oxygens (including phenoxy) is 1. The maximum absolute atomic E-state index is 11.3. The zero-order valence-corrected chi connectivity index (χ0v) is 15.4. The standard InChI is InChI=1S/C16H32N2O2Si/c1-7-17(8-2)16(18(9-3)10-4)21-13-11-12-20-15(19)14(5)6/h16H,5,7-13H2,1-4,6H3. The minimum absolute atomic E-state index is 0.276. The van der Waals surface area contributed by atoms with Crippen molar-refractivity contribution in [2.75, 3.05) is 32.8 Å².